The molecule has 218 valence electrons. The highest BCUT2D eigenvalue weighted by Gasteiger charge is 2.43. The van der Waals surface area contributed by atoms with Crippen molar-refractivity contribution in [2.24, 2.45) is 5.92 Å². The zero-order valence-electron chi connectivity index (χ0n) is 25.1. The normalized spacial score (nSPS) is 15.8. The predicted octanol–water partition coefficient (Wildman–Crippen LogP) is 7.27. The van der Waals surface area contributed by atoms with Crippen LogP contribution in [0.2, 0.25) is 5.02 Å². The van der Waals surface area contributed by atoms with Crippen molar-refractivity contribution >= 4 is 35.2 Å². The van der Waals surface area contributed by atoms with E-state index in [9.17, 15) is 14.4 Å². The Morgan fingerprint density at radius 1 is 1.05 bits per heavy atom. The minimum absolute atomic E-state index is 0.135. The Kier molecular flexibility index (Phi) is 10.3. The van der Waals surface area contributed by atoms with Gasteiger partial charge in [-0.25, -0.2) is 4.79 Å². The lowest BCUT2D eigenvalue weighted by molar-refractivity contribution is -0.147. The van der Waals surface area contributed by atoms with Gasteiger partial charge < -0.3 is 20.3 Å². The van der Waals surface area contributed by atoms with E-state index in [1.165, 1.54) is 0 Å². The molecule has 1 fully saturated rings. The average Bonchev–Trinajstić information content (AvgIpc) is 2.83. The topological polar surface area (TPSA) is 87.7 Å². The van der Waals surface area contributed by atoms with Crippen molar-refractivity contribution in [3.05, 3.63) is 63.7 Å². The molecule has 3 amide bonds. The molecule has 0 radical (unpaired) electrons. The van der Waals surface area contributed by atoms with Gasteiger partial charge in [-0.05, 0) is 95.0 Å². The number of para-hydroxylation sites is 1. The van der Waals surface area contributed by atoms with Crippen LogP contribution in [-0.4, -0.2) is 40.5 Å². The lowest BCUT2D eigenvalue weighted by atomic mass is 9.86. The quantitative estimate of drug-likeness (QED) is 0.332. The van der Waals surface area contributed by atoms with Crippen LogP contribution < -0.4 is 10.6 Å². The van der Waals surface area contributed by atoms with Gasteiger partial charge in [-0.1, -0.05) is 62.2 Å². The first kappa shape index (κ1) is 31.5. The molecule has 0 saturated heterocycles. The van der Waals surface area contributed by atoms with Gasteiger partial charge in [-0.3, -0.25) is 9.59 Å². The van der Waals surface area contributed by atoms with E-state index in [2.05, 4.69) is 10.6 Å². The summed E-state index contributed by atoms with van der Waals surface area (Å²) in [6, 6.07) is 9.38. The molecule has 0 aromatic heterocycles. The largest absolute Gasteiger partial charge is 0.444 e. The summed E-state index contributed by atoms with van der Waals surface area (Å²) in [6.45, 7) is 15.1. The maximum absolute atomic E-state index is 14.5. The summed E-state index contributed by atoms with van der Waals surface area (Å²) in [4.78, 5) is 43.2. The number of ether oxygens (including phenoxy) is 1. The van der Waals surface area contributed by atoms with Crippen molar-refractivity contribution in [3.63, 3.8) is 0 Å². The second-order valence-electron chi connectivity index (χ2n) is 12.0. The fraction of sp³-hybridized carbons (Fsp3) is 0.531. The Morgan fingerprint density at radius 3 is 2.25 bits per heavy atom. The molecule has 3 atom stereocenters. The van der Waals surface area contributed by atoms with Gasteiger partial charge in [0.25, 0.3) is 5.91 Å². The Morgan fingerprint density at radius 2 is 1.73 bits per heavy atom. The van der Waals surface area contributed by atoms with E-state index in [1.54, 1.807) is 31.7 Å². The summed E-state index contributed by atoms with van der Waals surface area (Å²) in [6.07, 6.45) is 2.53. The number of hydrogen-bond donors (Lipinski definition) is 2. The number of nitrogens with zero attached hydrogens (tertiary/aromatic N) is 1. The van der Waals surface area contributed by atoms with Gasteiger partial charge in [-0.15, -0.1) is 0 Å². The Labute approximate surface area is 244 Å². The van der Waals surface area contributed by atoms with Crippen molar-refractivity contribution in [2.45, 2.75) is 105 Å². The summed E-state index contributed by atoms with van der Waals surface area (Å²) in [5.41, 5.74) is 3.46. The second kappa shape index (κ2) is 13.1. The molecule has 7 nitrogen and oxygen atoms in total. The van der Waals surface area contributed by atoms with Crippen molar-refractivity contribution in [1.29, 1.82) is 0 Å². The van der Waals surface area contributed by atoms with E-state index in [0.29, 0.717) is 22.7 Å². The highest BCUT2D eigenvalue weighted by Crippen LogP contribution is 2.36. The molecular weight excluding hydrogens is 526 g/mol. The number of nitrogens with one attached hydrogen (secondary N) is 2. The van der Waals surface area contributed by atoms with Gasteiger partial charge >= 0.3 is 6.09 Å². The summed E-state index contributed by atoms with van der Waals surface area (Å²) in [5.74, 6) is -0.823. The smallest absolute Gasteiger partial charge is 0.408 e. The number of anilines is 1. The fourth-order valence-electron chi connectivity index (χ4n) is 4.82. The number of hydrogen-bond acceptors (Lipinski definition) is 4. The van der Waals surface area contributed by atoms with Gasteiger partial charge in [-0.2, -0.15) is 0 Å². The second-order valence-corrected chi connectivity index (χ2v) is 12.4. The number of rotatable bonds is 9. The average molecular weight is 570 g/mol. The van der Waals surface area contributed by atoms with Crippen LogP contribution in [0.1, 0.15) is 88.6 Å². The first-order chi connectivity index (χ1) is 18.7. The van der Waals surface area contributed by atoms with Gasteiger partial charge in [0.15, 0.2) is 0 Å². The molecule has 0 spiro atoms. The molecule has 40 heavy (non-hydrogen) atoms. The van der Waals surface area contributed by atoms with Gasteiger partial charge in [0.2, 0.25) is 5.91 Å². The van der Waals surface area contributed by atoms with E-state index in [0.717, 1.165) is 36.0 Å². The summed E-state index contributed by atoms with van der Waals surface area (Å²) in [7, 11) is 0. The summed E-state index contributed by atoms with van der Waals surface area (Å²) in [5, 5.41) is 6.29. The van der Waals surface area contributed by atoms with Crippen LogP contribution in [0.25, 0.3) is 0 Å². The van der Waals surface area contributed by atoms with Crippen LogP contribution in [0.15, 0.2) is 36.4 Å². The first-order valence-corrected chi connectivity index (χ1v) is 14.6. The third kappa shape index (κ3) is 7.57. The van der Waals surface area contributed by atoms with E-state index >= 15 is 0 Å². The Hall–Kier alpha value is -3.06. The fourth-order valence-corrected chi connectivity index (χ4v) is 5.08. The molecule has 0 bridgehead atoms. The maximum Gasteiger partial charge on any atom is 0.408 e. The highest BCUT2D eigenvalue weighted by atomic mass is 35.5. The number of benzene rings is 2. The minimum Gasteiger partial charge on any atom is -0.444 e. The van der Waals surface area contributed by atoms with Crippen molar-refractivity contribution in [2.75, 3.05) is 5.32 Å². The molecule has 1 aliphatic rings. The number of halogens is 1. The molecule has 1 aliphatic carbocycles. The van der Waals surface area contributed by atoms with Crippen LogP contribution >= 0.6 is 11.6 Å². The lowest BCUT2D eigenvalue weighted by Gasteiger charge is -2.44. The van der Waals surface area contributed by atoms with Crippen molar-refractivity contribution < 1.29 is 19.1 Å². The van der Waals surface area contributed by atoms with E-state index in [1.807, 2.05) is 65.0 Å². The van der Waals surface area contributed by atoms with Gasteiger partial charge in [0.05, 0.1) is 10.7 Å². The Bertz CT molecular complexity index is 1210. The van der Waals surface area contributed by atoms with Crippen LogP contribution in [0, 0.1) is 26.7 Å². The number of amides is 3. The molecule has 0 aliphatic heterocycles. The monoisotopic (exact) mass is 569 g/mol. The minimum atomic E-state index is -0.917. The highest BCUT2D eigenvalue weighted by molar-refractivity contribution is 6.34. The molecule has 3 unspecified atom stereocenters. The number of aryl methyl sites for hydroxylation is 3. The van der Waals surface area contributed by atoms with E-state index in [-0.39, 0.29) is 23.8 Å². The molecule has 1 saturated carbocycles. The molecule has 2 aromatic rings. The van der Waals surface area contributed by atoms with Gasteiger partial charge in [0, 0.05) is 6.04 Å². The van der Waals surface area contributed by atoms with Gasteiger partial charge in [0.1, 0.15) is 17.7 Å². The predicted molar refractivity (Wildman–Crippen MR) is 161 cm³/mol. The van der Waals surface area contributed by atoms with Crippen molar-refractivity contribution in [1.82, 2.24) is 10.2 Å². The molecular formula is C32H44ClN3O4. The third-order valence-corrected chi connectivity index (χ3v) is 8.03. The number of alkyl carbamates (subject to hydrolysis) is 1. The summed E-state index contributed by atoms with van der Waals surface area (Å²) < 4.78 is 5.51. The SMILES string of the molecule is CCC(C)C(NC(=O)OC(C)(C)C)C(=O)N(C1CCC1)C(C(=O)Nc1c(C)cccc1Cl)c1ccc(C)c(C)c1. The van der Waals surface area contributed by atoms with E-state index < -0.39 is 23.8 Å². The number of carbonyl (C=O) groups is 3. The van der Waals surface area contributed by atoms with Crippen molar-refractivity contribution in [3.8, 4) is 0 Å². The Balaban J connectivity index is 2.10. The maximum atomic E-state index is 14.5. The molecule has 8 heteroatoms. The van der Waals surface area contributed by atoms with Crippen LogP contribution in [0.5, 0.6) is 0 Å². The lowest BCUT2D eigenvalue weighted by Crippen LogP contribution is -2.58. The van der Waals surface area contributed by atoms with Crippen LogP contribution in [-0.2, 0) is 14.3 Å². The van der Waals surface area contributed by atoms with Crippen LogP contribution in [0.4, 0.5) is 10.5 Å². The third-order valence-electron chi connectivity index (χ3n) is 7.72. The van der Waals surface area contributed by atoms with Crippen LogP contribution in [0.3, 0.4) is 0 Å². The zero-order chi connectivity index (χ0) is 29.8. The number of carbonyl (C=O) groups excluding carboxylic acids is 3. The standard InChI is InChI=1S/C32H44ClN3O4/c1-9-19(2)27(35-31(39)40-32(6,7)8)30(38)36(24-13-11-14-24)28(23-17-16-20(3)22(5)18-23)29(37)34-26-21(4)12-10-15-25(26)33/h10,12,15-19,24,27-28H,9,11,13-14H2,1-8H3,(H,34,37)(H,35,39). The summed E-state index contributed by atoms with van der Waals surface area (Å²) >= 11 is 6.48. The van der Waals surface area contributed by atoms with E-state index in [4.69, 9.17) is 16.3 Å². The molecule has 2 N–H and O–H groups in total. The molecule has 0 heterocycles. The first-order valence-electron chi connectivity index (χ1n) is 14.2. The zero-order valence-corrected chi connectivity index (χ0v) is 25.8. The molecule has 2 aromatic carbocycles. The molecule has 3 rings (SSSR count).